The van der Waals surface area contributed by atoms with Crippen molar-refractivity contribution in [2.24, 2.45) is 0 Å². The van der Waals surface area contributed by atoms with Gasteiger partial charge in [0.25, 0.3) is 0 Å². The van der Waals surface area contributed by atoms with Gasteiger partial charge in [-0.05, 0) is 0 Å². The summed E-state index contributed by atoms with van der Waals surface area (Å²) >= 11 is 7.61. The summed E-state index contributed by atoms with van der Waals surface area (Å²) in [6.07, 6.45) is 0. The summed E-state index contributed by atoms with van der Waals surface area (Å²) in [7, 11) is 0. The molecule has 0 heterocycles. The minimum Gasteiger partial charge on any atom is -0.153 e. The second-order valence-electron chi connectivity index (χ2n) is 0.105. The van der Waals surface area contributed by atoms with Gasteiger partial charge in [0.1, 0.15) is 0 Å². The Morgan fingerprint density at radius 2 is 1.75 bits per heavy atom. The van der Waals surface area contributed by atoms with Crippen molar-refractivity contribution in [3.05, 3.63) is 0 Å². The Kier molecular flexibility index (Phi) is 20.2. The van der Waals surface area contributed by atoms with Crippen LogP contribution in [-0.4, -0.2) is 4.70 Å². The zero-order valence-corrected chi connectivity index (χ0v) is 5.27. The molecule has 0 rings (SSSR count). The van der Waals surface area contributed by atoms with Crippen molar-refractivity contribution >= 4 is 39.4 Å². The maximum absolute atomic E-state index is 4.13. The van der Waals surface area contributed by atoms with Crippen LogP contribution < -0.4 is 0 Å². The van der Waals surface area contributed by atoms with E-state index in [1.54, 1.807) is 0 Å². The van der Waals surface area contributed by atoms with E-state index in [0.29, 0.717) is 0 Å². The second-order valence-corrected chi connectivity index (χ2v) is 0.949. The van der Waals surface area contributed by atoms with Crippen LogP contribution in [0, 0.1) is 0 Å². The maximum atomic E-state index is 4.13. The van der Waals surface area contributed by atoms with Crippen LogP contribution in [0.15, 0.2) is 0 Å². The molecule has 0 aliphatic heterocycles. The van der Waals surface area contributed by atoms with E-state index >= 15 is 0 Å². The van der Waals surface area contributed by atoms with Gasteiger partial charge in [-0.25, -0.2) is 0 Å². The number of hydrogen-bond acceptors (Lipinski definition) is 1. The lowest BCUT2D eigenvalue weighted by Gasteiger charge is -1.27. The van der Waals surface area contributed by atoms with Crippen LogP contribution in [0.2, 0.25) is 0 Å². The molecule has 0 aromatic heterocycles. The quantitative estimate of drug-likeness (QED) is 0.276. The lowest BCUT2D eigenvalue weighted by Crippen LogP contribution is -1.12. The first-order valence-corrected chi connectivity index (χ1v) is 1.48. The summed E-state index contributed by atoms with van der Waals surface area (Å²) in [6, 6.07) is 0. The fraction of sp³-hybridized carbons (Fsp3) is 0. The molecule has 0 aromatic rings. The van der Waals surface area contributed by atoms with E-state index in [1.807, 2.05) is 0 Å². The summed E-state index contributed by atoms with van der Waals surface area (Å²) in [5.74, 6) is 0. The van der Waals surface area contributed by atoms with E-state index in [-0.39, 0.29) is 9.90 Å². The molecule has 26 valence electrons. The predicted octanol–water partition coefficient (Wildman–Crippen LogP) is 0.931. The molecule has 0 aliphatic carbocycles. The van der Waals surface area contributed by atoms with Crippen molar-refractivity contribution in [1.29, 1.82) is 0 Å². The maximum Gasteiger partial charge on any atom is 0.0310 e. The van der Waals surface area contributed by atoms with Crippen LogP contribution in [0.3, 0.4) is 0 Å². The fourth-order valence-electron chi connectivity index (χ4n) is 0. The molecule has 0 N–H and O–H groups in total. The fourth-order valence-corrected chi connectivity index (χ4v) is 0. The Morgan fingerprint density at radius 1 is 1.75 bits per heavy atom. The molecule has 0 amide bonds. The first kappa shape index (κ1) is 8.85. The predicted molar refractivity (Wildman–Crippen MR) is 33.7 cm³/mol. The van der Waals surface area contributed by atoms with Gasteiger partial charge in [0.2, 0.25) is 0 Å². The van der Waals surface area contributed by atoms with E-state index in [9.17, 15) is 0 Å². The normalized spacial score (nSPS) is 3.25. The van der Waals surface area contributed by atoms with E-state index in [1.165, 1.54) is 4.70 Å². The summed E-state index contributed by atoms with van der Waals surface area (Å²) in [5.41, 5.74) is 0. The first-order valence-electron chi connectivity index (χ1n) is 0.494. The third-order valence-electron chi connectivity index (χ3n) is 0. The summed E-state index contributed by atoms with van der Waals surface area (Å²) in [4.78, 5) is 0. The zero-order valence-electron chi connectivity index (χ0n) is 2.14. The summed E-state index contributed by atoms with van der Waals surface area (Å²) < 4.78 is 1.28. The largest absolute Gasteiger partial charge is 0.153 e. The molecule has 4 heavy (non-hydrogen) atoms. The minimum atomic E-state index is 0. The van der Waals surface area contributed by atoms with Crippen LogP contribution in [0.25, 0.3) is 0 Å². The van der Waals surface area contributed by atoms with Crippen LogP contribution >= 0.6 is 34.7 Å². The lowest BCUT2D eigenvalue weighted by atomic mass is 11.9. The van der Waals surface area contributed by atoms with Crippen molar-refractivity contribution < 1.29 is 0 Å². The molecule has 0 aromatic carbocycles. The Morgan fingerprint density at radius 3 is 1.75 bits per heavy atom. The highest BCUT2D eigenvalue weighted by Gasteiger charge is 1.18. The monoisotopic (exact) mass is 112 g/mol. The molecule has 0 radical (unpaired) electrons. The SMILES string of the molecule is P.S=CS. The van der Waals surface area contributed by atoms with Crippen LogP contribution in [0.5, 0.6) is 0 Å². The van der Waals surface area contributed by atoms with Gasteiger partial charge in [-0.1, -0.05) is 12.2 Å². The van der Waals surface area contributed by atoms with Crippen molar-refractivity contribution in [2.75, 3.05) is 0 Å². The standard InChI is InChI=1S/CH2S2.H3P/c2-1-3;/h1H,(H,2,3);1H3. The van der Waals surface area contributed by atoms with E-state index in [2.05, 4.69) is 24.8 Å². The van der Waals surface area contributed by atoms with E-state index < -0.39 is 0 Å². The van der Waals surface area contributed by atoms with Gasteiger partial charge in [0.15, 0.2) is 0 Å². The average molecular weight is 112 g/mol. The van der Waals surface area contributed by atoms with Gasteiger partial charge in [-0.3, -0.25) is 0 Å². The van der Waals surface area contributed by atoms with Gasteiger partial charge in [-0.15, -0.1) is 12.6 Å². The Labute approximate surface area is 40.0 Å². The molecule has 0 bridgehead atoms. The lowest BCUT2D eigenvalue weighted by molar-refractivity contribution is 4.52. The summed E-state index contributed by atoms with van der Waals surface area (Å²) in [5, 5.41) is 0. The Balaban J connectivity index is 0. The van der Waals surface area contributed by atoms with Crippen molar-refractivity contribution in [2.45, 2.75) is 0 Å². The highest BCUT2D eigenvalue weighted by atomic mass is 32.1. The molecule has 1 unspecified atom stereocenters. The van der Waals surface area contributed by atoms with Gasteiger partial charge in [0.05, 0.1) is 0 Å². The van der Waals surface area contributed by atoms with Crippen LogP contribution in [-0.2, 0) is 0 Å². The summed E-state index contributed by atoms with van der Waals surface area (Å²) in [6.45, 7) is 0. The molecule has 0 saturated carbocycles. The smallest absolute Gasteiger partial charge is 0.0310 e. The molecule has 0 spiro atoms. The molecule has 0 fully saturated rings. The second kappa shape index (κ2) is 9.12. The van der Waals surface area contributed by atoms with Gasteiger partial charge in [0, 0.05) is 4.70 Å². The van der Waals surface area contributed by atoms with E-state index in [4.69, 9.17) is 0 Å². The molecule has 1 atom stereocenters. The molecule has 0 aliphatic rings. The molecular weight excluding hydrogens is 107 g/mol. The van der Waals surface area contributed by atoms with Crippen molar-refractivity contribution in [3.63, 3.8) is 0 Å². The molecule has 0 saturated heterocycles. The topological polar surface area (TPSA) is 0 Å². The minimum absolute atomic E-state index is 0. The highest BCUT2D eigenvalue weighted by Crippen LogP contribution is 1.50. The van der Waals surface area contributed by atoms with Crippen molar-refractivity contribution in [3.8, 4) is 0 Å². The van der Waals surface area contributed by atoms with Crippen LogP contribution in [0.4, 0.5) is 0 Å². The van der Waals surface area contributed by atoms with Gasteiger partial charge >= 0.3 is 0 Å². The van der Waals surface area contributed by atoms with Gasteiger partial charge in [-0.2, -0.15) is 9.90 Å². The Hall–Kier alpha value is 0.870. The zero-order chi connectivity index (χ0) is 2.71. The van der Waals surface area contributed by atoms with E-state index in [0.717, 1.165) is 0 Å². The number of rotatable bonds is 0. The average Bonchev–Trinajstić information content (AvgIpc) is 0.918. The highest BCUT2D eigenvalue weighted by molar-refractivity contribution is 8.08. The first-order chi connectivity index (χ1) is 1.41. The van der Waals surface area contributed by atoms with Gasteiger partial charge < -0.3 is 0 Å². The molecule has 3 heteroatoms. The number of thiocarbonyl (C=S) groups is 1. The van der Waals surface area contributed by atoms with Crippen molar-refractivity contribution in [1.82, 2.24) is 0 Å². The number of hydrogen-bond donors (Lipinski definition) is 1. The number of thiol groups is 1. The van der Waals surface area contributed by atoms with Crippen LogP contribution in [0.1, 0.15) is 0 Å². The molecule has 0 nitrogen and oxygen atoms in total. The molecular formula is CH5PS2. The Bertz CT molecular complexity index is 13.5. The third-order valence-corrected chi connectivity index (χ3v) is 0. The third kappa shape index (κ3) is 13.3.